The average Bonchev–Trinajstić information content (AvgIpc) is 3.29. The number of rotatable bonds is 5. The Morgan fingerprint density at radius 1 is 1.00 bits per heavy atom. The zero-order chi connectivity index (χ0) is 21.2. The molecule has 0 spiro atoms. The van der Waals surface area contributed by atoms with Gasteiger partial charge in [0, 0.05) is 30.4 Å². The van der Waals surface area contributed by atoms with Crippen LogP contribution in [0.25, 0.3) is 10.9 Å². The lowest BCUT2D eigenvalue weighted by molar-refractivity contribution is 0.0724. The maximum Gasteiger partial charge on any atom is 0.267 e. The van der Waals surface area contributed by atoms with E-state index in [9.17, 15) is 9.59 Å². The van der Waals surface area contributed by atoms with Gasteiger partial charge in [0.25, 0.3) is 11.5 Å². The van der Waals surface area contributed by atoms with Gasteiger partial charge in [-0.3, -0.25) is 19.1 Å². The van der Waals surface area contributed by atoms with Gasteiger partial charge < -0.3 is 4.90 Å². The molecule has 2 aromatic heterocycles. The lowest BCUT2D eigenvalue weighted by atomic mass is 10.1. The van der Waals surface area contributed by atoms with Crippen molar-refractivity contribution in [3.05, 3.63) is 100 Å². The second kappa shape index (κ2) is 8.35. The third-order valence-electron chi connectivity index (χ3n) is 5.30. The molecule has 31 heavy (non-hydrogen) atoms. The number of carbonyl (C=O) groups is 1. The molecule has 7 heteroatoms. The maximum atomic E-state index is 13.5. The fourth-order valence-corrected chi connectivity index (χ4v) is 4.64. The van der Waals surface area contributed by atoms with E-state index in [0.717, 1.165) is 27.9 Å². The second-order valence-electron chi connectivity index (χ2n) is 7.40. The van der Waals surface area contributed by atoms with Crippen LogP contribution in [0.15, 0.2) is 82.9 Å². The van der Waals surface area contributed by atoms with Crippen LogP contribution in [0.2, 0.25) is 0 Å². The smallest absolute Gasteiger partial charge is 0.267 e. The summed E-state index contributed by atoms with van der Waals surface area (Å²) in [4.78, 5) is 37.1. The normalized spacial score (nSPS) is 12.6. The standard InChI is InChI=1S/C24H20N4O2S/c29-22(20-14-25-24-28(23(20)30)12-13-31-24)27(15-17-6-2-1-3-7-17)16-19-11-10-18-8-4-5-9-21(18)26-19/h1-11,14H,12-13,15-16H2. The van der Waals surface area contributed by atoms with Crippen LogP contribution in [0.5, 0.6) is 0 Å². The summed E-state index contributed by atoms with van der Waals surface area (Å²) in [7, 11) is 0. The molecule has 0 fully saturated rings. The van der Waals surface area contributed by atoms with Gasteiger partial charge in [-0.05, 0) is 17.7 Å². The summed E-state index contributed by atoms with van der Waals surface area (Å²) in [5.41, 5.74) is 2.46. The van der Waals surface area contributed by atoms with Crippen molar-refractivity contribution < 1.29 is 4.79 Å². The van der Waals surface area contributed by atoms with Crippen LogP contribution in [-0.2, 0) is 19.6 Å². The zero-order valence-corrected chi connectivity index (χ0v) is 17.6. The molecular formula is C24H20N4O2S. The topological polar surface area (TPSA) is 68.1 Å². The summed E-state index contributed by atoms with van der Waals surface area (Å²) in [5, 5.41) is 1.72. The van der Waals surface area contributed by atoms with E-state index in [1.165, 1.54) is 18.0 Å². The Morgan fingerprint density at radius 2 is 1.81 bits per heavy atom. The third-order valence-corrected chi connectivity index (χ3v) is 6.27. The molecule has 0 N–H and O–H groups in total. The second-order valence-corrected chi connectivity index (χ2v) is 8.46. The monoisotopic (exact) mass is 428 g/mol. The first-order valence-electron chi connectivity index (χ1n) is 10.1. The Bertz CT molecular complexity index is 1320. The van der Waals surface area contributed by atoms with Gasteiger partial charge >= 0.3 is 0 Å². The van der Waals surface area contributed by atoms with Crippen molar-refractivity contribution in [1.29, 1.82) is 0 Å². The van der Waals surface area contributed by atoms with Gasteiger partial charge in [-0.25, -0.2) is 4.98 Å². The average molecular weight is 429 g/mol. The highest BCUT2D eigenvalue weighted by Gasteiger charge is 2.24. The van der Waals surface area contributed by atoms with Gasteiger partial charge in [0.2, 0.25) is 0 Å². The summed E-state index contributed by atoms with van der Waals surface area (Å²) in [6.07, 6.45) is 1.42. The van der Waals surface area contributed by atoms with E-state index in [1.807, 2.05) is 66.7 Å². The van der Waals surface area contributed by atoms with E-state index in [1.54, 1.807) is 9.47 Å². The SMILES string of the molecule is O=C(c1cnc2n(c1=O)CCS2)N(Cc1ccccc1)Cc1ccc2ccccc2n1. The molecule has 4 aromatic rings. The number of carbonyl (C=O) groups excluding carboxylic acids is 1. The highest BCUT2D eigenvalue weighted by molar-refractivity contribution is 7.99. The summed E-state index contributed by atoms with van der Waals surface area (Å²) in [6, 6.07) is 21.6. The number of amides is 1. The lowest BCUT2D eigenvalue weighted by Crippen LogP contribution is -2.36. The van der Waals surface area contributed by atoms with Gasteiger partial charge in [0.05, 0.1) is 17.8 Å². The Morgan fingerprint density at radius 3 is 2.68 bits per heavy atom. The van der Waals surface area contributed by atoms with Crippen LogP contribution in [0.4, 0.5) is 0 Å². The number of benzene rings is 2. The molecule has 0 saturated carbocycles. The molecular weight excluding hydrogens is 408 g/mol. The molecule has 0 unspecified atom stereocenters. The van der Waals surface area contributed by atoms with Crippen molar-refractivity contribution in [2.45, 2.75) is 24.8 Å². The van der Waals surface area contributed by atoms with E-state index in [4.69, 9.17) is 4.98 Å². The molecule has 0 radical (unpaired) electrons. The summed E-state index contributed by atoms with van der Waals surface area (Å²) in [6.45, 7) is 1.26. The Kier molecular flexibility index (Phi) is 5.26. The molecule has 0 bridgehead atoms. The number of nitrogens with zero attached hydrogens (tertiary/aromatic N) is 4. The number of thioether (sulfide) groups is 1. The van der Waals surface area contributed by atoms with E-state index in [-0.39, 0.29) is 17.0 Å². The molecule has 1 amide bonds. The van der Waals surface area contributed by atoms with E-state index in [2.05, 4.69) is 4.98 Å². The van der Waals surface area contributed by atoms with Crippen molar-refractivity contribution >= 4 is 28.6 Å². The van der Waals surface area contributed by atoms with Gasteiger partial charge in [-0.2, -0.15) is 0 Å². The predicted octanol–water partition coefficient (Wildman–Crippen LogP) is 3.74. The summed E-state index contributed by atoms with van der Waals surface area (Å²) < 4.78 is 1.59. The Labute approximate surface area is 183 Å². The Balaban J connectivity index is 1.50. The molecule has 154 valence electrons. The molecule has 0 saturated heterocycles. The molecule has 0 aliphatic carbocycles. The predicted molar refractivity (Wildman–Crippen MR) is 121 cm³/mol. The fourth-order valence-electron chi connectivity index (χ4n) is 3.73. The van der Waals surface area contributed by atoms with Crippen LogP contribution in [0.1, 0.15) is 21.6 Å². The van der Waals surface area contributed by atoms with Crippen LogP contribution >= 0.6 is 11.8 Å². The zero-order valence-electron chi connectivity index (χ0n) is 16.8. The number of hydrogen-bond acceptors (Lipinski definition) is 5. The Hall–Kier alpha value is -3.45. The van der Waals surface area contributed by atoms with Gasteiger partial charge in [0.15, 0.2) is 5.16 Å². The van der Waals surface area contributed by atoms with Crippen LogP contribution in [0.3, 0.4) is 0 Å². The van der Waals surface area contributed by atoms with Crippen molar-refractivity contribution in [2.75, 3.05) is 5.75 Å². The van der Waals surface area contributed by atoms with Gasteiger partial charge in [0.1, 0.15) is 5.56 Å². The quantitative estimate of drug-likeness (QED) is 0.453. The third kappa shape index (κ3) is 3.96. The largest absolute Gasteiger partial charge is 0.328 e. The van der Waals surface area contributed by atoms with E-state index in [0.29, 0.717) is 24.8 Å². The highest BCUT2D eigenvalue weighted by Crippen LogP contribution is 2.21. The molecule has 2 aromatic carbocycles. The molecule has 1 aliphatic heterocycles. The number of para-hydroxylation sites is 1. The first kappa shape index (κ1) is 19.5. The fraction of sp³-hybridized carbons (Fsp3) is 0.167. The van der Waals surface area contributed by atoms with Gasteiger partial charge in [-0.1, -0.05) is 66.4 Å². The number of hydrogen-bond donors (Lipinski definition) is 0. The number of aromatic nitrogens is 3. The van der Waals surface area contributed by atoms with Crippen LogP contribution in [0, 0.1) is 0 Å². The van der Waals surface area contributed by atoms with Crippen LogP contribution < -0.4 is 5.56 Å². The van der Waals surface area contributed by atoms with Crippen molar-refractivity contribution in [3.63, 3.8) is 0 Å². The minimum Gasteiger partial charge on any atom is -0.328 e. The van der Waals surface area contributed by atoms with E-state index >= 15 is 0 Å². The van der Waals surface area contributed by atoms with E-state index < -0.39 is 0 Å². The minimum absolute atomic E-state index is 0.1000. The lowest BCUT2D eigenvalue weighted by Gasteiger charge is -2.23. The van der Waals surface area contributed by atoms with Gasteiger partial charge in [-0.15, -0.1) is 0 Å². The van der Waals surface area contributed by atoms with Crippen molar-refractivity contribution in [2.24, 2.45) is 0 Å². The maximum absolute atomic E-state index is 13.5. The highest BCUT2D eigenvalue weighted by atomic mass is 32.2. The van der Waals surface area contributed by atoms with Crippen LogP contribution in [-0.4, -0.2) is 31.1 Å². The molecule has 5 rings (SSSR count). The molecule has 3 heterocycles. The summed E-state index contributed by atoms with van der Waals surface area (Å²) >= 11 is 1.53. The number of pyridine rings is 1. The minimum atomic E-state index is -0.330. The molecule has 0 atom stereocenters. The number of fused-ring (bicyclic) bond motifs is 2. The first-order chi connectivity index (χ1) is 15.2. The molecule has 6 nitrogen and oxygen atoms in total. The molecule has 1 aliphatic rings. The summed E-state index contributed by atoms with van der Waals surface area (Å²) in [5.74, 6) is 0.470. The van der Waals surface area contributed by atoms with Crippen molar-refractivity contribution in [3.8, 4) is 0 Å². The first-order valence-corrected chi connectivity index (χ1v) is 11.1. The van der Waals surface area contributed by atoms with Crippen molar-refractivity contribution in [1.82, 2.24) is 19.4 Å².